The van der Waals surface area contributed by atoms with Crippen LogP contribution in [0.5, 0.6) is 0 Å². The average Bonchev–Trinajstić information content (AvgIpc) is 3.27. The van der Waals surface area contributed by atoms with Gasteiger partial charge in [-0.15, -0.1) is 0 Å². The minimum atomic E-state index is -0.442. The van der Waals surface area contributed by atoms with Crippen molar-refractivity contribution in [2.45, 2.75) is 97.2 Å². The predicted octanol–water partition coefficient (Wildman–Crippen LogP) is 6.14. The summed E-state index contributed by atoms with van der Waals surface area (Å²) in [5.41, 5.74) is 0.489. The summed E-state index contributed by atoms with van der Waals surface area (Å²) in [5.74, 6) is 1.17. The quantitative estimate of drug-likeness (QED) is 0.278. The number of aliphatic hydroxyl groups excluding tert-OH is 1. The van der Waals surface area contributed by atoms with Crippen LogP contribution in [0, 0.1) is 49.9 Å². The smallest absolute Gasteiger partial charge is 0.310 e. The summed E-state index contributed by atoms with van der Waals surface area (Å²) < 4.78 is 11.9. The van der Waals surface area contributed by atoms with Crippen molar-refractivity contribution in [1.29, 1.82) is 0 Å². The highest BCUT2D eigenvalue weighted by Crippen LogP contribution is 2.67. The first-order chi connectivity index (χ1) is 19.0. The number of Topliss-reactive ketones (excluding diaryl/α,β-unsaturated/α-hetero) is 1. The fraction of sp³-hybridized carbons (Fsp3) is 0.727. The number of benzene rings is 1. The standard InChI is InChI=1S/C33H45IO6/c1-19(8-11-29(37)39-4)24-9-10-25-31-26(18-28(36)33(24,25)3)32(2)13-12-23(16-21(32)17-27(31)35)40-30(38)15-20-6-5-7-22(34)14-20/h5-7,14,19,21,23-27,31,35H,8-13,15-18H2,1-4H3/t19-,21?,23-,24-,25+,26+,27-,31+,32+,33-/m1/s1. The van der Waals surface area contributed by atoms with Gasteiger partial charge in [0.15, 0.2) is 0 Å². The zero-order valence-electron chi connectivity index (χ0n) is 24.4. The van der Waals surface area contributed by atoms with E-state index in [9.17, 15) is 19.5 Å². The van der Waals surface area contributed by atoms with E-state index in [-0.39, 0.29) is 65.4 Å². The Morgan fingerprint density at radius 1 is 1.12 bits per heavy atom. The molecule has 4 saturated carbocycles. The number of hydrogen-bond acceptors (Lipinski definition) is 6. The van der Waals surface area contributed by atoms with Crippen molar-refractivity contribution in [2.24, 2.45) is 46.3 Å². The maximum Gasteiger partial charge on any atom is 0.310 e. The van der Waals surface area contributed by atoms with E-state index in [1.807, 2.05) is 24.3 Å². The van der Waals surface area contributed by atoms with Gasteiger partial charge in [0.1, 0.15) is 11.9 Å². The summed E-state index contributed by atoms with van der Waals surface area (Å²) in [6.07, 6.45) is 6.49. The Morgan fingerprint density at radius 2 is 1.90 bits per heavy atom. The molecule has 0 spiro atoms. The average molecular weight is 665 g/mol. The van der Waals surface area contributed by atoms with Gasteiger partial charge < -0.3 is 14.6 Å². The SMILES string of the molecule is COC(=O)CC[C@@H](C)[C@H]1CC[C@H]2[C@@H]3[C@H](O)CC4C[C@H](OC(=O)Cc5cccc(I)c5)CC[C@]4(C)[C@H]3CC(=O)[C@]12C. The molecule has 5 rings (SSSR count). The second-order valence-corrected chi connectivity index (χ2v) is 14.9. The van der Waals surface area contributed by atoms with Crippen LogP contribution in [0.15, 0.2) is 24.3 Å². The molecule has 1 N–H and O–H groups in total. The minimum absolute atomic E-state index is 0.0338. The molecule has 1 aromatic carbocycles. The maximum absolute atomic E-state index is 14.0. The fourth-order valence-electron chi connectivity index (χ4n) is 9.64. The van der Waals surface area contributed by atoms with E-state index in [4.69, 9.17) is 9.47 Å². The van der Waals surface area contributed by atoms with Gasteiger partial charge in [0.2, 0.25) is 0 Å². The van der Waals surface area contributed by atoms with Gasteiger partial charge in [0.05, 0.1) is 19.6 Å². The minimum Gasteiger partial charge on any atom is -0.469 e. The summed E-state index contributed by atoms with van der Waals surface area (Å²) in [4.78, 5) is 38.6. The van der Waals surface area contributed by atoms with Gasteiger partial charge in [0.25, 0.3) is 0 Å². The Balaban J connectivity index is 1.27. The molecular weight excluding hydrogens is 619 g/mol. The number of rotatable bonds is 7. The van der Waals surface area contributed by atoms with Crippen LogP contribution < -0.4 is 0 Å². The molecule has 0 amide bonds. The molecule has 4 aliphatic carbocycles. The van der Waals surface area contributed by atoms with Crippen molar-refractivity contribution < 1.29 is 29.0 Å². The highest BCUT2D eigenvalue weighted by molar-refractivity contribution is 14.1. The van der Waals surface area contributed by atoms with Crippen LogP contribution in [0.4, 0.5) is 0 Å². The first kappa shape index (κ1) is 30.0. The van der Waals surface area contributed by atoms with Gasteiger partial charge in [-0.3, -0.25) is 14.4 Å². The monoisotopic (exact) mass is 664 g/mol. The van der Waals surface area contributed by atoms with Crippen LogP contribution in [-0.2, 0) is 30.3 Å². The van der Waals surface area contributed by atoms with E-state index in [2.05, 4.69) is 43.4 Å². The Labute approximate surface area is 252 Å². The molecule has 0 aromatic heterocycles. The van der Waals surface area contributed by atoms with Crippen LogP contribution in [-0.4, -0.2) is 42.1 Å². The van der Waals surface area contributed by atoms with Crippen molar-refractivity contribution in [1.82, 2.24) is 0 Å². The number of ketones is 1. The first-order valence-electron chi connectivity index (χ1n) is 15.2. The van der Waals surface area contributed by atoms with Gasteiger partial charge in [0, 0.05) is 21.8 Å². The largest absolute Gasteiger partial charge is 0.469 e. The molecule has 0 bridgehead atoms. The lowest BCUT2D eigenvalue weighted by Crippen LogP contribution is -2.61. The second kappa shape index (κ2) is 11.7. The molecule has 0 aliphatic heterocycles. The van der Waals surface area contributed by atoms with E-state index in [0.717, 1.165) is 47.7 Å². The number of carbonyl (C=O) groups excluding carboxylic acids is 3. The van der Waals surface area contributed by atoms with Crippen LogP contribution in [0.1, 0.15) is 84.1 Å². The number of aliphatic hydroxyl groups is 1. The van der Waals surface area contributed by atoms with Crippen LogP contribution in [0.3, 0.4) is 0 Å². The van der Waals surface area contributed by atoms with Gasteiger partial charge in [-0.05, 0) is 126 Å². The molecule has 1 aromatic rings. The zero-order valence-corrected chi connectivity index (χ0v) is 26.5. The van der Waals surface area contributed by atoms with Crippen LogP contribution >= 0.6 is 22.6 Å². The number of hydrogen-bond donors (Lipinski definition) is 1. The van der Waals surface area contributed by atoms with Gasteiger partial charge in [-0.2, -0.15) is 0 Å². The molecule has 0 radical (unpaired) electrons. The topological polar surface area (TPSA) is 89.9 Å². The van der Waals surface area contributed by atoms with Crippen molar-refractivity contribution in [3.63, 3.8) is 0 Å². The van der Waals surface area contributed by atoms with Gasteiger partial charge >= 0.3 is 11.9 Å². The summed E-state index contributed by atoms with van der Waals surface area (Å²) >= 11 is 2.25. The van der Waals surface area contributed by atoms with E-state index >= 15 is 0 Å². The molecule has 40 heavy (non-hydrogen) atoms. The van der Waals surface area contributed by atoms with Crippen molar-refractivity contribution in [3.05, 3.63) is 33.4 Å². The highest BCUT2D eigenvalue weighted by Gasteiger charge is 2.66. The van der Waals surface area contributed by atoms with E-state index in [0.29, 0.717) is 25.0 Å². The number of esters is 2. The van der Waals surface area contributed by atoms with Crippen molar-refractivity contribution in [2.75, 3.05) is 7.11 Å². The summed E-state index contributed by atoms with van der Waals surface area (Å²) in [7, 11) is 1.42. The van der Waals surface area contributed by atoms with E-state index in [1.54, 1.807) is 0 Å². The maximum atomic E-state index is 14.0. The number of ether oxygens (including phenoxy) is 2. The fourth-order valence-corrected chi connectivity index (χ4v) is 10.2. The van der Waals surface area contributed by atoms with Crippen molar-refractivity contribution >= 4 is 40.3 Å². The summed E-state index contributed by atoms with van der Waals surface area (Å²) in [6.45, 7) is 6.68. The third-order valence-corrected chi connectivity index (χ3v) is 12.5. The lowest BCUT2D eigenvalue weighted by molar-refractivity contribution is -0.186. The zero-order chi connectivity index (χ0) is 28.8. The molecule has 4 aliphatic rings. The summed E-state index contributed by atoms with van der Waals surface area (Å²) in [6, 6.07) is 7.94. The first-order valence-corrected chi connectivity index (χ1v) is 16.3. The van der Waals surface area contributed by atoms with E-state index in [1.165, 1.54) is 7.11 Å². The molecule has 0 heterocycles. The Bertz CT molecular complexity index is 1140. The van der Waals surface area contributed by atoms with Crippen molar-refractivity contribution in [3.8, 4) is 0 Å². The highest BCUT2D eigenvalue weighted by atomic mass is 127. The lowest BCUT2D eigenvalue weighted by Gasteiger charge is -2.61. The molecule has 10 atom stereocenters. The third kappa shape index (κ3) is 5.38. The number of carbonyl (C=O) groups is 3. The van der Waals surface area contributed by atoms with Gasteiger partial charge in [-0.1, -0.05) is 32.9 Å². The number of fused-ring (bicyclic) bond motifs is 5. The lowest BCUT2D eigenvalue weighted by atomic mass is 9.43. The Kier molecular flexibility index (Phi) is 8.74. The normalized spacial score (nSPS) is 39.5. The number of halogens is 1. The third-order valence-electron chi connectivity index (χ3n) is 11.8. The van der Waals surface area contributed by atoms with Gasteiger partial charge in [-0.25, -0.2) is 0 Å². The molecule has 1 unspecified atom stereocenters. The molecule has 4 fully saturated rings. The van der Waals surface area contributed by atoms with Crippen LogP contribution in [0.25, 0.3) is 0 Å². The number of methoxy groups -OCH3 is 1. The molecule has 6 nitrogen and oxygen atoms in total. The Morgan fingerprint density at radius 3 is 2.62 bits per heavy atom. The second-order valence-electron chi connectivity index (χ2n) is 13.7. The van der Waals surface area contributed by atoms with E-state index < -0.39 is 11.5 Å². The summed E-state index contributed by atoms with van der Waals surface area (Å²) in [5, 5.41) is 11.6. The Hall–Kier alpha value is -1.48. The molecule has 0 saturated heterocycles. The molecule has 220 valence electrons. The predicted molar refractivity (Wildman–Crippen MR) is 160 cm³/mol. The molecule has 7 heteroatoms. The molecular formula is C33H45IO6. The van der Waals surface area contributed by atoms with Crippen LogP contribution in [0.2, 0.25) is 0 Å².